The molecule has 0 aromatic carbocycles. The molecule has 0 saturated carbocycles. The van der Waals surface area contributed by atoms with Crippen molar-refractivity contribution in [2.75, 3.05) is 0 Å². The molecule has 0 rings (SSSR count). The number of ether oxygens (including phenoxy) is 1. The highest BCUT2D eigenvalue weighted by Gasteiger charge is 2.48. The van der Waals surface area contributed by atoms with E-state index in [0.29, 0.717) is 11.8 Å². The lowest BCUT2D eigenvalue weighted by Gasteiger charge is -2.44. The standard InChI is InChI=1S/C21H42O2/c1-14(2)12-18(13-15(3)4)23-19(22)21(11,16(5)6)17(7)20(8,9)10/h14-18H,12-13H2,1-11H3. The molecule has 0 bridgehead atoms. The first kappa shape index (κ1) is 22.5. The van der Waals surface area contributed by atoms with Crippen LogP contribution in [0.4, 0.5) is 0 Å². The first-order chi connectivity index (χ1) is 10.2. The third-order valence-electron chi connectivity index (χ3n) is 5.58. The summed E-state index contributed by atoms with van der Waals surface area (Å²) in [6, 6.07) is 0. The minimum absolute atomic E-state index is 0.0128. The van der Waals surface area contributed by atoms with Crippen molar-refractivity contribution in [3.05, 3.63) is 0 Å². The average molecular weight is 327 g/mol. The van der Waals surface area contributed by atoms with Crippen LogP contribution in [0.15, 0.2) is 0 Å². The predicted molar refractivity (Wildman–Crippen MR) is 100 cm³/mol. The second kappa shape index (κ2) is 8.53. The van der Waals surface area contributed by atoms with E-state index in [9.17, 15) is 4.79 Å². The van der Waals surface area contributed by atoms with Crippen molar-refractivity contribution >= 4 is 5.97 Å². The zero-order valence-corrected chi connectivity index (χ0v) is 17.6. The Balaban J connectivity index is 5.37. The van der Waals surface area contributed by atoms with E-state index >= 15 is 0 Å². The van der Waals surface area contributed by atoms with Gasteiger partial charge in [-0.1, -0.05) is 69.2 Å². The summed E-state index contributed by atoms with van der Waals surface area (Å²) < 4.78 is 6.08. The molecule has 0 amide bonds. The van der Waals surface area contributed by atoms with E-state index in [1.807, 2.05) is 0 Å². The van der Waals surface area contributed by atoms with Gasteiger partial charge in [0.1, 0.15) is 6.10 Å². The van der Waals surface area contributed by atoms with E-state index < -0.39 is 5.41 Å². The Morgan fingerprint density at radius 3 is 1.48 bits per heavy atom. The zero-order chi connectivity index (χ0) is 18.6. The fourth-order valence-electron chi connectivity index (χ4n) is 3.33. The quantitative estimate of drug-likeness (QED) is 0.487. The third-order valence-corrected chi connectivity index (χ3v) is 5.58. The topological polar surface area (TPSA) is 26.3 Å². The molecule has 0 radical (unpaired) electrons. The summed E-state index contributed by atoms with van der Waals surface area (Å²) in [5.41, 5.74) is -0.381. The summed E-state index contributed by atoms with van der Waals surface area (Å²) >= 11 is 0. The van der Waals surface area contributed by atoms with E-state index in [1.165, 1.54) is 0 Å². The van der Waals surface area contributed by atoms with Crippen molar-refractivity contribution in [1.29, 1.82) is 0 Å². The van der Waals surface area contributed by atoms with Crippen molar-refractivity contribution in [1.82, 2.24) is 0 Å². The first-order valence-corrected chi connectivity index (χ1v) is 9.43. The second-order valence-corrected chi connectivity index (χ2v) is 9.81. The third kappa shape index (κ3) is 6.47. The van der Waals surface area contributed by atoms with Crippen LogP contribution in [0.1, 0.15) is 89.0 Å². The van der Waals surface area contributed by atoms with E-state index in [4.69, 9.17) is 4.74 Å². The molecule has 0 N–H and O–H groups in total. The largest absolute Gasteiger partial charge is 0.462 e. The van der Waals surface area contributed by atoms with Crippen molar-refractivity contribution in [2.45, 2.75) is 95.1 Å². The molecule has 0 aliphatic rings. The lowest BCUT2D eigenvalue weighted by Crippen LogP contribution is -2.46. The first-order valence-electron chi connectivity index (χ1n) is 9.43. The van der Waals surface area contributed by atoms with E-state index in [0.717, 1.165) is 12.8 Å². The molecule has 0 aromatic rings. The second-order valence-electron chi connectivity index (χ2n) is 9.81. The summed E-state index contributed by atoms with van der Waals surface area (Å²) in [6.45, 7) is 24.0. The summed E-state index contributed by atoms with van der Waals surface area (Å²) in [5.74, 6) is 1.57. The Morgan fingerprint density at radius 2 is 1.22 bits per heavy atom. The van der Waals surface area contributed by atoms with Gasteiger partial charge in [-0.2, -0.15) is 0 Å². The SMILES string of the molecule is CC(C)CC(CC(C)C)OC(=O)C(C)(C(C)C)C(C)C(C)(C)C. The van der Waals surface area contributed by atoms with Crippen molar-refractivity contribution in [3.63, 3.8) is 0 Å². The van der Waals surface area contributed by atoms with Gasteiger partial charge in [0.25, 0.3) is 0 Å². The Labute approximate surface area is 145 Å². The van der Waals surface area contributed by atoms with E-state index in [1.54, 1.807) is 0 Å². The van der Waals surface area contributed by atoms with Gasteiger partial charge >= 0.3 is 5.97 Å². The van der Waals surface area contributed by atoms with Crippen LogP contribution >= 0.6 is 0 Å². The average Bonchev–Trinajstić information content (AvgIpc) is 2.33. The molecule has 138 valence electrons. The summed E-state index contributed by atoms with van der Waals surface area (Å²) in [4.78, 5) is 13.1. The molecule has 0 heterocycles. The van der Waals surface area contributed by atoms with Crippen LogP contribution in [-0.4, -0.2) is 12.1 Å². The number of esters is 1. The fraction of sp³-hybridized carbons (Fsp3) is 0.952. The Bertz CT molecular complexity index is 353. The minimum Gasteiger partial charge on any atom is -0.462 e. The van der Waals surface area contributed by atoms with Crippen LogP contribution in [0.2, 0.25) is 0 Å². The maximum Gasteiger partial charge on any atom is 0.312 e. The lowest BCUT2D eigenvalue weighted by molar-refractivity contribution is -0.172. The van der Waals surface area contributed by atoms with Crippen LogP contribution < -0.4 is 0 Å². The van der Waals surface area contributed by atoms with Crippen LogP contribution in [0, 0.1) is 34.5 Å². The van der Waals surface area contributed by atoms with Gasteiger partial charge in [0.05, 0.1) is 5.41 Å². The maximum atomic E-state index is 13.1. The Kier molecular flexibility index (Phi) is 8.34. The molecule has 2 atom stereocenters. The number of hydrogen-bond donors (Lipinski definition) is 0. The number of carbonyl (C=O) groups excluding carboxylic acids is 1. The monoisotopic (exact) mass is 326 g/mol. The number of carbonyl (C=O) groups is 1. The van der Waals surface area contributed by atoms with Crippen molar-refractivity contribution in [3.8, 4) is 0 Å². The van der Waals surface area contributed by atoms with Gasteiger partial charge in [0.15, 0.2) is 0 Å². The Hall–Kier alpha value is -0.530. The molecule has 2 heteroatoms. The highest BCUT2D eigenvalue weighted by Crippen LogP contribution is 2.46. The molecular weight excluding hydrogens is 284 g/mol. The highest BCUT2D eigenvalue weighted by atomic mass is 16.5. The summed E-state index contributed by atoms with van der Waals surface area (Å²) in [5, 5.41) is 0. The summed E-state index contributed by atoms with van der Waals surface area (Å²) in [7, 11) is 0. The van der Waals surface area contributed by atoms with Gasteiger partial charge in [0, 0.05) is 0 Å². The van der Waals surface area contributed by atoms with E-state index in [2.05, 4.69) is 76.2 Å². The van der Waals surface area contributed by atoms with Crippen LogP contribution in [0.25, 0.3) is 0 Å². The van der Waals surface area contributed by atoms with Gasteiger partial charge in [-0.05, 0) is 48.9 Å². The van der Waals surface area contributed by atoms with Crippen molar-refractivity contribution < 1.29 is 9.53 Å². The molecule has 0 saturated heterocycles. The highest BCUT2D eigenvalue weighted by molar-refractivity contribution is 5.77. The van der Waals surface area contributed by atoms with Gasteiger partial charge in [-0.3, -0.25) is 4.79 Å². The van der Waals surface area contributed by atoms with Gasteiger partial charge in [-0.25, -0.2) is 0 Å². The molecule has 23 heavy (non-hydrogen) atoms. The summed E-state index contributed by atoms with van der Waals surface area (Å²) in [6.07, 6.45) is 1.93. The van der Waals surface area contributed by atoms with Gasteiger partial charge in [-0.15, -0.1) is 0 Å². The molecule has 0 aliphatic carbocycles. The lowest BCUT2D eigenvalue weighted by atomic mass is 9.61. The predicted octanol–water partition coefficient (Wildman–Crippen LogP) is 6.33. The van der Waals surface area contributed by atoms with Crippen LogP contribution in [0.5, 0.6) is 0 Å². The molecule has 0 fully saturated rings. The Morgan fingerprint density at radius 1 is 0.826 bits per heavy atom. The molecule has 2 unspecified atom stereocenters. The van der Waals surface area contributed by atoms with Gasteiger partial charge in [0.2, 0.25) is 0 Å². The fourth-order valence-corrected chi connectivity index (χ4v) is 3.33. The zero-order valence-electron chi connectivity index (χ0n) is 17.6. The number of rotatable bonds is 8. The molecular formula is C21H42O2. The smallest absolute Gasteiger partial charge is 0.312 e. The normalized spacial score (nSPS) is 17.0. The maximum absolute atomic E-state index is 13.1. The molecule has 0 spiro atoms. The molecule has 0 aromatic heterocycles. The molecule has 2 nitrogen and oxygen atoms in total. The van der Waals surface area contributed by atoms with Crippen LogP contribution in [0.3, 0.4) is 0 Å². The minimum atomic E-state index is -0.454. The van der Waals surface area contributed by atoms with E-state index in [-0.39, 0.29) is 29.3 Å². The van der Waals surface area contributed by atoms with Crippen LogP contribution in [-0.2, 0) is 9.53 Å². The molecule has 0 aliphatic heterocycles. The number of hydrogen-bond acceptors (Lipinski definition) is 2. The van der Waals surface area contributed by atoms with Gasteiger partial charge < -0.3 is 4.74 Å². The van der Waals surface area contributed by atoms with Crippen molar-refractivity contribution in [2.24, 2.45) is 34.5 Å².